The van der Waals surface area contributed by atoms with Crippen LogP contribution in [0.4, 0.5) is 0 Å². The Balaban J connectivity index is 1.78. The molecule has 0 radical (unpaired) electrons. The fourth-order valence-electron chi connectivity index (χ4n) is 2.26. The Labute approximate surface area is 142 Å². The first-order valence-electron chi connectivity index (χ1n) is 6.72. The molecule has 5 nitrogen and oxygen atoms in total. The van der Waals surface area contributed by atoms with Gasteiger partial charge in [-0.05, 0) is 30.3 Å². The number of hydrogen-bond donors (Lipinski definition) is 1. The number of esters is 1. The van der Waals surface area contributed by atoms with Gasteiger partial charge >= 0.3 is 5.97 Å². The van der Waals surface area contributed by atoms with Crippen LogP contribution in [-0.4, -0.2) is 17.9 Å². The molecule has 0 aliphatic carbocycles. The maximum Gasteiger partial charge on any atom is 0.342 e. The Bertz CT molecular complexity index is 760. The lowest BCUT2D eigenvalue weighted by atomic mass is 10.1. The van der Waals surface area contributed by atoms with Crippen LogP contribution in [0.25, 0.3) is 0 Å². The largest absolute Gasteiger partial charge is 0.507 e. The van der Waals surface area contributed by atoms with E-state index in [1.807, 2.05) is 0 Å². The lowest BCUT2D eigenvalue weighted by Gasteiger charge is -2.21. The van der Waals surface area contributed by atoms with Crippen molar-refractivity contribution in [2.45, 2.75) is 13.2 Å². The molecular weight excluding hydrogens is 343 g/mol. The van der Waals surface area contributed by atoms with Crippen molar-refractivity contribution in [1.29, 1.82) is 0 Å². The molecule has 3 rings (SSSR count). The summed E-state index contributed by atoms with van der Waals surface area (Å²) in [5.41, 5.74) is 1.47. The van der Waals surface area contributed by atoms with Gasteiger partial charge in [0.25, 0.3) is 0 Å². The van der Waals surface area contributed by atoms with Gasteiger partial charge in [0.05, 0.1) is 6.61 Å². The molecule has 0 amide bonds. The highest BCUT2D eigenvalue weighted by Gasteiger charge is 2.19. The summed E-state index contributed by atoms with van der Waals surface area (Å²) < 4.78 is 15.9. The number of benzene rings is 2. The fraction of sp³-hybridized carbons (Fsp3) is 0.188. The van der Waals surface area contributed by atoms with E-state index in [9.17, 15) is 9.90 Å². The number of rotatable bonds is 3. The highest BCUT2D eigenvalue weighted by Crippen LogP contribution is 2.32. The van der Waals surface area contributed by atoms with Crippen LogP contribution in [0.15, 0.2) is 30.3 Å². The zero-order valence-electron chi connectivity index (χ0n) is 11.8. The summed E-state index contributed by atoms with van der Waals surface area (Å²) in [7, 11) is 0. The van der Waals surface area contributed by atoms with Crippen molar-refractivity contribution in [2.75, 3.05) is 6.79 Å². The van der Waals surface area contributed by atoms with Crippen molar-refractivity contribution >= 4 is 29.2 Å². The molecule has 2 aromatic carbocycles. The molecule has 0 saturated carbocycles. The molecule has 0 fully saturated rings. The van der Waals surface area contributed by atoms with E-state index in [1.165, 1.54) is 18.2 Å². The lowest BCUT2D eigenvalue weighted by Crippen LogP contribution is -2.14. The molecule has 0 aromatic heterocycles. The number of fused-ring (bicyclic) bond motifs is 1. The molecule has 0 unspecified atom stereocenters. The maximum absolute atomic E-state index is 12.1. The van der Waals surface area contributed by atoms with Crippen LogP contribution in [0, 0.1) is 0 Å². The minimum Gasteiger partial charge on any atom is -0.507 e. The molecule has 0 bridgehead atoms. The van der Waals surface area contributed by atoms with Gasteiger partial charge in [-0.25, -0.2) is 4.79 Å². The van der Waals surface area contributed by atoms with Crippen LogP contribution in [-0.2, 0) is 22.7 Å². The van der Waals surface area contributed by atoms with Crippen LogP contribution < -0.4 is 4.74 Å². The van der Waals surface area contributed by atoms with E-state index >= 15 is 0 Å². The lowest BCUT2D eigenvalue weighted by molar-refractivity contribution is -0.0180. The highest BCUT2D eigenvalue weighted by molar-refractivity contribution is 6.31. The van der Waals surface area contributed by atoms with Gasteiger partial charge in [-0.3, -0.25) is 0 Å². The van der Waals surface area contributed by atoms with E-state index in [0.717, 1.165) is 5.56 Å². The number of ether oxygens (including phenoxy) is 3. The first-order valence-corrected chi connectivity index (χ1v) is 7.47. The van der Waals surface area contributed by atoms with Crippen LogP contribution in [0.2, 0.25) is 10.0 Å². The third-order valence-electron chi connectivity index (χ3n) is 3.29. The molecule has 1 N–H and O–H groups in total. The maximum atomic E-state index is 12.1. The number of phenolic OH excluding ortho intramolecular Hbond substituents is 1. The highest BCUT2D eigenvalue weighted by atomic mass is 35.5. The third kappa shape index (κ3) is 3.52. The molecule has 2 aromatic rings. The van der Waals surface area contributed by atoms with Crippen molar-refractivity contribution in [3.63, 3.8) is 0 Å². The molecule has 0 atom stereocenters. The van der Waals surface area contributed by atoms with E-state index in [1.54, 1.807) is 12.1 Å². The van der Waals surface area contributed by atoms with Crippen molar-refractivity contribution in [3.8, 4) is 11.5 Å². The number of phenols is 1. The third-order valence-corrected chi connectivity index (χ3v) is 3.74. The van der Waals surface area contributed by atoms with Gasteiger partial charge in [0.15, 0.2) is 6.79 Å². The van der Waals surface area contributed by atoms with Crippen LogP contribution in [0.1, 0.15) is 21.5 Å². The monoisotopic (exact) mass is 354 g/mol. The van der Waals surface area contributed by atoms with E-state index in [2.05, 4.69) is 0 Å². The van der Waals surface area contributed by atoms with Gasteiger partial charge < -0.3 is 19.3 Å². The van der Waals surface area contributed by atoms with Crippen molar-refractivity contribution in [1.82, 2.24) is 0 Å². The first-order chi connectivity index (χ1) is 11.0. The summed E-state index contributed by atoms with van der Waals surface area (Å²) in [4.78, 5) is 12.1. The summed E-state index contributed by atoms with van der Waals surface area (Å²) in [6, 6.07) is 7.59. The fourth-order valence-corrected chi connectivity index (χ4v) is 2.69. The summed E-state index contributed by atoms with van der Waals surface area (Å²) in [5, 5.41) is 10.6. The van der Waals surface area contributed by atoms with Crippen LogP contribution >= 0.6 is 23.2 Å². The molecular formula is C16H12Cl2O5. The van der Waals surface area contributed by atoms with Gasteiger partial charge in [0.1, 0.15) is 23.7 Å². The smallest absolute Gasteiger partial charge is 0.342 e. The number of aromatic hydroxyl groups is 1. The van der Waals surface area contributed by atoms with Gasteiger partial charge in [-0.1, -0.05) is 23.2 Å². The topological polar surface area (TPSA) is 65.0 Å². The van der Waals surface area contributed by atoms with Crippen LogP contribution in [0.3, 0.4) is 0 Å². The number of carbonyl (C=O) groups excluding carboxylic acids is 1. The summed E-state index contributed by atoms with van der Waals surface area (Å²) in [6.07, 6.45) is 0. The molecule has 23 heavy (non-hydrogen) atoms. The van der Waals surface area contributed by atoms with Gasteiger partial charge in [0.2, 0.25) is 0 Å². The summed E-state index contributed by atoms with van der Waals surface area (Å²) in [5.74, 6) is -0.297. The Morgan fingerprint density at radius 1 is 1.22 bits per heavy atom. The number of hydrogen-bond acceptors (Lipinski definition) is 5. The van der Waals surface area contributed by atoms with Crippen molar-refractivity contribution < 1.29 is 24.1 Å². The van der Waals surface area contributed by atoms with E-state index in [-0.39, 0.29) is 24.7 Å². The second kappa shape index (κ2) is 6.66. The van der Waals surface area contributed by atoms with Gasteiger partial charge in [-0.2, -0.15) is 0 Å². The van der Waals surface area contributed by atoms with E-state index in [4.69, 9.17) is 37.4 Å². The second-order valence-electron chi connectivity index (χ2n) is 4.90. The number of carbonyl (C=O) groups is 1. The average Bonchev–Trinajstić information content (AvgIpc) is 2.52. The predicted octanol–water partition coefficient (Wildman–Crippen LogP) is 3.92. The molecule has 1 heterocycles. The van der Waals surface area contributed by atoms with Crippen molar-refractivity contribution in [3.05, 3.63) is 57.1 Å². The minimum absolute atomic E-state index is 0.0366. The van der Waals surface area contributed by atoms with Crippen LogP contribution in [0.5, 0.6) is 11.5 Å². The Morgan fingerprint density at radius 2 is 2.04 bits per heavy atom. The molecule has 0 saturated heterocycles. The standard InChI is InChI=1S/C16H12Cl2O5/c17-11-1-2-13(14(19)5-11)16(20)22-7-10-4-12(18)3-9-6-21-8-23-15(9)10/h1-5,19H,6-8H2. The molecule has 7 heteroatoms. The first kappa shape index (κ1) is 15.9. The Hall–Kier alpha value is -1.95. The average molecular weight is 355 g/mol. The molecule has 1 aliphatic heterocycles. The summed E-state index contributed by atoms with van der Waals surface area (Å²) in [6.45, 7) is 0.478. The molecule has 1 aliphatic rings. The minimum atomic E-state index is -0.667. The normalized spacial score (nSPS) is 13.1. The molecule has 120 valence electrons. The zero-order chi connectivity index (χ0) is 16.4. The Morgan fingerprint density at radius 3 is 2.83 bits per heavy atom. The summed E-state index contributed by atoms with van der Waals surface area (Å²) >= 11 is 11.8. The Kier molecular flexibility index (Phi) is 4.61. The van der Waals surface area contributed by atoms with E-state index in [0.29, 0.717) is 28.0 Å². The molecule has 0 spiro atoms. The SMILES string of the molecule is O=C(OCc1cc(Cl)cc2c1OCOC2)c1ccc(Cl)cc1O. The van der Waals surface area contributed by atoms with Crippen molar-refractivity contribution in [2.24, 2.45) is 0 Å². The van der Waals surface area contributed by atoms with Gasteiger partial charge in [0, 0.05) is 21.2 Å². The zero-order valence-corrected chi connectivity index (χ0v) is 13.4. The quantitative estimate of drug-likeness (QED) is 0.846. The second-order valence-corrected chi connectivity index (χ2v) is 5.77. The van der Waals surface area contributed by atoms with E-state index < -0.39 is 5.97 Å². The predicted molar refractivity (Wildman–Crippen MR) is 84.0 cm³/mol. The van der Waals surface area contributed by atoms with Gasteiger partial charge in [-0.15, -0.1) is 0 Å². The number of halogens is 2.